The van der Waals surface area contributed by atoms with Crippen LogP contribution >= 0.6 is 0 Å². The van der Waals surface area contributed by atoms with Crippen LogP contribution in [0.1, 0.15) is 19.4 Å². The molecule has 5 heteroatoms. The number of amides is 2. The molecule has 86 valence electrons. The zero-order chi connectivity index (χ0) is 12.2. The van der Waals surface area contributed by atoms with Gasteiger partial charge in [-0.05, 0) is 19.4 Å². The zero-order valence-corrected chi connectivity index (χ0v) is 9.27. The number of primary amides is 1. The average molecular weight is 221 g/mol. The Balaban J connectivity index is 2.93. The van der Waals surface area contributed by atoms with E-state index in [2.05, 4.69) is 10.5 Å². The van der Waals surface area contributed by atoms with Crippen LogP contribution in [0.25, 0.3) is 0 Å². The van der Waals surface area contributed by atoms with Gasteiger partial charge in [0, 0.05) is 0 Å². The molecule has 4 N–H and O–H groups in total. The highest BCUT2D eigenvalue weighted by Crippen LogP contribution is 2.21. The van der Waals surface area contributed by atoms with E-state index in [4.69, 9.17) is 5.73 Å². The molecule has 16 heavy (non-hydrogen) atoms. The van der Waals surface area contributed by atoms with Crippen LogP contribution in [0.5, 0.6) is 0 Å². The van der Waals surface area contributed by atoms with E-state index in [0.29, 0.717) is 11.3 Å². The van der Waals surface area contributed by atoms with Crippen molar-refractivity contribution in [1.29, 1.82) is 0 Å². The van der Waals surface area contributed by atoms with Crippen LogP contribution in [0.3, 0.4) is 0 Å². The Labute approximate surface area is 94.0 Å². The summed E-state index contributed by atoms with van der Waals surface area (Å²) in [7, 11) is 0. The molecule has 1 aromatic carbocycles. The predicted octanol–water partition coefficient (Wildman–Crippen LogP) is 0.938. The molecule has 0 aliphatic carbocycles. The lowest BCUT2D eigenvalue weighted by atomic mass is 9.92. The Morgan fingerprint density at radius 3 is 2.50 bits per heavy atom. The Bertz CT molecular complexity index is 399. The molecule has 0 aliphatic rings. The maximum atomic E-state index is 10.5. The van der Waals surface area contributed by atoms with Crippen molar-refractivity contribution in [3.63, 3.8) is 0 Å². The van der Waals surface area contributed by atoms with Crippen molar-refractivity contribution in [2.75, 3.05) is 0 Å². The van der Waals surface area contributed by atoms with E-state index in [1.54, 1.807) is 26.0 Å². The van der Waals surface area contributed by atoms with Crippen molar-refractivity contribution >= 4 is 11.7 Å². The van der Waals surface area contributed by atoms with Crippen LogP contribution in [0.15, 0.2) is 35.4 Å². The van der Waals surface area contributed by atoms with Gasteiger partial charge in [0.2, 0.25) is 0 Å². The molecule has 0 aromatic heterocycles. The third-order valence-corrected chi connectivity index (χ3v) is 2.37. The monoisotopic (exact) mass is 221 g/mol. The number of urea groups is 1. The Kier molecular flexibility index (Phi) is 3.63. The molecule has 5 nitrogen and oxygen atoms in total. The molecule has 0 aliphatic heterocycles. The van der Waals surface area contributed by atoms with Crippen LogP contribution < -0.4 is 11.2 Å². The highest BCUT2D eigenvalue weighted by molar-refractivity contribution is 5.91. The molecule has 0 bridgehead atoms. The molecule has 2 amide bonds. The number of hydrogen-bond donors (Lipinski definition) is 3. The van der Waals surface area contributed by atoms with Gasteiger partial charge in [-0.25, -0.2) is 10.2 Å². The van der Waals surface area contributed by atoms with Crippen LogP contribution in [0.4, 0.5) is 4.79 Å². The number of hydrazone groups is 1. The van der Waals surface area contributed by atoms with Gasteiger partial charge in [-0.15, -0.1) is 0 Å². The van der Waals surface area contributed by atoms with Crippen LogP contribution in [0.2, 0.25) is 0 Å². The van der Waals surface area contributed by atoms with Crippen molar-refractivity contribution in [2.45, 2.75) is 19.4 Å². The van der Waals surface area contributed by atoms with E-state index in [-0.39, 0.29) is 0 Å². The number of carbonyl (C=O) groups is 1. The van der Waals surface area contributed by atoms with Crippen LogP contribution in [-0.2, 0) is 5.60 Å². The van der Waals surface area contributed by atoms with Gasteiger partial charge < -0.3 is 10.8 Å². The number of nitrogens with zero attached hydrogens (tertiary/aromatic N) is 1. The van der Waals surface area contributed by atoms with E-state index < -0.39 is 11.6 Å². The van der Waals surface area contributed by atoms with Crippen molar-refractivity contribution in [1.82, 2.24) is 5.43 Å². The van der Waals surface area contributed by atoms with Crippen molar-refractivity contribution in [3.8, 4) is 0 Å². The zero-order valence-electron chi connectivity index (χ0n) is 9.27. The second-order valence-electron chi connectivity index (χ2n) is 3.61. The van der Waals surface area contributed by atoms with E-state index in [1.807, 2.05) is 18.2 Å². The molecule has 0 saturated carbocycles. The maximum Gasteiger partial charge on any atom is 0.332 e. The van der Waals surface area contributed by atoms with E-state index in [9.17, 15) is 9.90 Å². The Morgan fingerprint density at radius 1 is 1.44 bits per heavy atom. The summed E-state index contributed by atoms with van der Waals surface area (Å²) in [5.41, 5.74) is 6.80. The number of hydrogen-bond acceptors (Lipinski definition) is 3. The molecule has 1 aromatic rings. The molecule has 0 radical (unpaired) electrons. The number of nitrogens with one attached hydrogen (secondary N) is 1. The third kappa shape index (κ3) is 2.80. The van der Waals surface area contributed by atoms with Crippen molar-refractivity contribution in [3.05, 3.63) is 35.9 Å². The van der Waals surface area contributed by atoms with Gasteiger partial charge >= 0.3 is 6.03 Å². The minimum atomic E-state index is -1.23. The minimum Gasteiger partial charge on any atom is -0.379 e. The van der Waals surface area contributed by atoms with Crippen LogP contribution in [0, 0.1) is 0 Å². The maximum absolute atomic E-state index is 10.5. The standard InChI is InChI=1S/C11H15N3O2/c1-8(13-14-10(12)15)11(2,16)9-6-4-3-5-7-9/h3-7,16H,1-2H3,(H3,12,14,15). The fraction of sp³-hybridized carbons (Fsp3) is 0.273. The number of rotatable bonds is 3. The summed E-state index contributed by atoms with van der Waals surface area (Å²) in [5.74, 6) is 0. The molecular formula is C11H15N3O2. The van der Waals surface area contributed by atoms with Gasteiger partial charge in [-0.1, -0.05) is 30.3 Å². The first kappa shape index (κ1) is 12.2. The topological polar surface area (TPSA) is 87.7 Å². The predicted molar refractivity (Wildman–Crippen MR) is 61.8 cm³/mol. The first-order valence-electron chi connectivity index (χ1n) is 4.82. The lowest BCUT2D eigenvalue weighted by molar-refractivity contribution is 0.131. The summed E-state index contributed by atoms with van der Waals surface area (Å²) in [5, 5.41) is 14.0. The molecule has 1 rings (SSSR count). The van der Waals surface area contributed by atoms with E-state index >= 15 is 0 Å². The smallest absolute Gasteiger partial charge is 0.332 e. The summed E-state index contributed by atoms with van der Waals surface area (Å²) in [4.78, 5) is 10.5. The first-order valence-corrected chi connectivity index (χ1v) is 4.82. The number of nitrogens with two attached hydrogens (primary N) is 1. The highest BCUT2D eigenvalue weighted by Gasteiger charge is 2.26. The molecule has 0 saturated heterocycles. The fourth-order valence-electron chi connectivity index (χ4n) is 1.22. The largest absolute Gasteiger partial charge is 0.379 e. The second kappa shape index (κ2) is 4.76. The van der Waals surface area contributed by atoms with Gasteiger partial charge in [0.05, 0.1) is 5.71 Å². The summed E-state index contributed by atoms with van der Waals surface area (Å²) >= 11 is 0. The molecule has 0 spiro atoms. The molecule has 1 unspecified atom stereocenters. The van der Waals surface area contributed by atoms with Crippen LogP contribution in [-0.4, -0.2) is 16.8 Å². The second-order valence-corrected chi connectivity index (χ2v) is 3.61. The third-order valence-electron chi connectivity index (χ3n) is 2.37. The van der Waals surface area contributed by atoms with Gasteiger partial charge in [-0.3, -0.25) is 0 Å². The summed E-state index contributed by atoms with van der Waals surface area (Å²) in [6.45, 7) is 3.22. The van der Waals surface area contributed by atoms with Gasteiger partial charge in [0.1, 0.15) is 5.60 Å². The number of carbonyl (C=O) groups excluding carboxylic acids is 1. The molecule has 1 atom stereocenters. The SMILES string of the molecule is CC(=NNC(N)=O)C(C)(O)c1ccccc1. The minimum absolute atomic E-state index is 0.359. The number of aliphatic hydroxyl groups is 1. The normalized spacial score (nSPS) is 15.3. The average Bonchev–Trinajstić information content (AvgIpc) is 2.27. The lowest BCUT2D eigenvalue weighted by Crippen LogP contribution is -2.34. The number of benzene rings is 1. The Hall–Kier alpha value is -1.88. The quantitative estimate of drug-likeness (QED) is 0.524. The first-order chi connectivity index (χ1) is 7.44. The summed E-state index contributed by atoms with van der Waals surface area (Å²) in [6.07, 6.45) is 0. The lowest BCUT2D eigenvalue weighted by Gasteiger charge is -2.23. The molecule has 0 fully saturated rings. The highest BCUT2D eigenvalue weighted by atomic mass is 16.3. The van der Waals surface area contributed by atoms with E-state index in [0.717, 1.165) is 0 Å². The summed E-state index contributed by atoms with van der Waals surface area (Å²) < 4.78 is 0. The Morgan fingerprint density at radius 2 is 2.00 bits per heavy atom. The fourth-order valence-corrected chi connectivity index (χ4v) is 1.22. The van der Waals surface area contributed by atoms with Gasteiger partial charge in [0.25, 0.3) is 0 Å². The van der Waals surface area contributed by atoms with Crippen molar-refractivity contribution in [2.24, 2.45) is 10.8 Å². The van der Waals surface area contributed by atoms with E-state index in [1.165, 1.54) is 0 Å². The van der Waals surface area contributed by atoms with Gasteiger partial charge in [0.15, 0.2) is 0 Å². The molecular weight excluding hydrogens is 206 g/mol. The molecule has 0 heterocycles. The van der Waals surface area contributed by atoms with Crippen molar-refractivity contribution < 1.29 is 9.90 Å². The van der Waals surface area contributed by atoms with Gasteiger partial charge in [-0.2, -0.15) is 5.10 Å². The summed E-state index contributed by atoms with van der Waals surface area (Å²) in [6, 6.07) is 8.29.